The van der Waals surface area contributed by atoms with E-state index in [1.54, 1.807) is 13.8 Å². The molecule has 4 aliphatic carbocycles. The minimum Gasteiger partial charge on any atom is -0.394 e. The molecule has 5 saturated heterocycles. The summed E-state index contributed by atoms with van der Waals surface area (Å²) < 4.78 is 61.6. The van der Waals surface area contributed by atoms with Crippen molar-refractivity contribution in [3.8, 4) is 0 Å². The van der Waals surface area contributed by atoms with Gasteiger partial charge in [-0.1, -0.05) is 53.2 Å². The normalized spacial score (nSPS) is 49.2. The third kappa shape index (κ3) is 13.4. The predicted molar refractivity (Wildman–Crippen MR) is 292 cm³/mol. The molecule has 0 spiro atoms. The van der Waals surface area contributed by atoms with Gasteiger partial charge in [0.2, 0.25) is 0 Å². The van der Waals surface area contributed by atoms with Gasteiger partial charge in [0.05, 0.1) is 99.7 Å². The molecule has 13 N–H and O–H groups in total. The van der Waals surface area contributed by atoms with Crippen LogP contribution in [0.2, 0.25) is 0 Å². The third-order valence-electron chi connectivity index (χ3n) is 22.1. The Kier molecular flexibility index (Phi) is 21.0. The topological polar surface area (TPSA) is 355 Å². The van der Waals surface area contributed by atoms with Gasteiger partial charge in [0.15, 0.2) is 31.5 Å². The van der Waals surface area contributed by atoms with Gasteiger partial charge in [0.1, 0.15) is 42.7 Å². The molecule has 0 aromatic carbocycles. The minimum atomic E-state index is -1.42. The molecular weight excluding hydrogens is 1090 g/mol. The highest BCUT2D eigenvalue weighted by atomic mass is 16.8. The van der Waals surface area contributed by atoms with Gasteiger partial charge in [-0.15, -0.1) is 0 Å². The monoisotopic (exact) mass is 1190 g/mol. The molecule has 3 saturated carbocycles. The number of fused-ring (bicyclic) bond motifs is 5. The van der Waals surface area contributed by atoms with Gasteiger partial charge < -0.3 is 114 Å². The third-order valence-corrected chi connectivity index (χ3v) is 22.1. The summed E-state index contributed by atoms with van der Waals surface area (Å²) in [5.41, 5.74) is -1.50. The lowest BCUT2D eigenvalue weighted by molar-refractivity contribution is -0.351. The second-order valence-corrected chi connectivity index (χ2v) is 28.1. The molecule has 8 fully saturated rings. The maximum absolute atomic E-state index is 12.8. The SMILES string of the molecule is C[C@H](CC[C@@H](O[C@@H]1O[C@H](CO[C@H]2C[C@@H](O)C[C@@H](CO)O2)C[C@H](O)C1O[C@H]1C[C@@H](O)[C@H](O)[C@@H](CO)O1)C(C)(C)O)C1CC[C@@]2(C)[C@@H]3CC=C4C(CC[C@H](O[C@H]5C[C@@H](O)[C@H](O)[C@@H](COC6O[C@H](CO)[C@@H](O)C[C@H]6O)O5)C4(C)C)[C@]3(C)[C@H](O)C[C@]12C. The van der Waals surface area contributed by atoms with Crippen molar-refractivity contribution in [2.45, 2.75) is 286 Å². The molecule has 0 radical (unpaired) electrons. The number of hydrogen-bond acceptors (Lipinski definition) is 23. The van der Waals surface area contributed by atoms with Crippen molar-refractivity contribution in [3.63, 3.8) is 0 Å². The van der Waals surface area contributed by atoms with Gasteiger partial charge in [-0.2, -0.15) is 0 Å². The van der Waals surface area contributed by atoms with E-state index in [2.05, 4.69) is 47.6 Å². The van der Waals surface area contributed by atoms with Crippen LogP contribution in [0.25, 0.3) is 0 Å². The molecule has 0 aromatic heterocycles. The van der Waals surface area contributed by atoms with Crippen LogP contribution in [0.4, 0.5) is 0 Å². The van der Waals surface area contributed by atoms with Crippen molar-refractivity contribution < 1.29 is 114 Å². The first-order valence-corrected chi connectivity index (χ1v) is 30.9. The lowest BCUT2D eigenvalue weighted by atomic mass is 9.38. The number of ether oxygens (including phenoxy) is 10. The minimum absolute atomic E-state index is 0.0180. The quantitative estimate of drug-likeness (QED) is 0.0749. The molecule has 9 aliphatic rings. The first-order valence-electron chi connectivity index (χ1n) is 30.9. The van der Waals surface area contributed by atoms with E-state index in [9.17, 15) is 66.4 Å². The number of rotatable bonds is 20. The Morgan fingerprint density at radius 3 is 1.96 bits per heavy atom. The Morgan fingerprint density at radius 1 is 0.614 bits per heavy atom. The van der Waals surface area contributed by atoms with Crippen LogP contribution in [-0.4, -0.2) is 240 Å². The lowest BCUT2D eigenvalue weighted by Gasteiger charge is -2.67. The van der Waals surface area contributed by atoms with Crippen molar-refractivity contribution in [1.29, 1.82) is 0 Å². The first kappa shape index (κ1) is 66.2. The van der Waals surface area contributed by atoms with Crippen molar-refractivity contribution in [2.24, 2.45) is 45.3 Å². The van der Waals surface area contributed by atoms with E-state index in [0.717, 1.165) is 25.7 Å². The van der Waals surface area contributed by atoms with E-state index < -0.39 is 159 Å². The van der Waals surface area contributed by atoms with Crippen LogP contribution >= 0.6 is 0 Å². The largest absolute Gasteiger partial charge is 0.394 e. The van der Waals surface area contributed by atoms with Gasteiger partial charge >= 0.3 is 0 Å². The van der Waals surface area contributed by atoms with Crippen LogP contribution in [0.3, 0.4) is 0 Å². The summed E-state index contributed by atoms with van der Waals surface area (Å²) in [6.45, 7) is 15.3. The molecule has 0 amide bonds. The fourth-order valence-corrected chi connectivity index (χ4v) is 16.9. The maximum Gasteiger partial charge on any atom is 0.187 e. The van der Waals surface area contributed by atoms with E-state index in [1.165, 1.54) is 5.57 Å². The van der Waals surface area contributed by atoms with Gasteiger partial charge in [0, 0.05) is 49.4 Å². The molecule has 23 nitrogen and oxygen atoms in total. The standard InChI is InChI=1S/C60H102O23/c1-29(9-13-47(57(4,5)73)82-55-53(83-50-22-37(66)51(71)42(26-63)78-50)39(68)19-32(77-55)27-74-48-18-30(64)17-31(24-61)76-48)33-15-16-58(6)44-12-10-34-35(60(44,8)45(70)23-59(33,58)7)11-14-46(56(34,2)3)81-49-21-38(67)52(72)43(79-49)28-75-54-40(69)20-36(65)41(25-62)80-54/h10,29-33,35-55,61-73H,9,11-28H2,1-8H3/t29-,30+,31+,32+,33?,35?,36+,37-,38-,39+,40-,41-,42-,43-,44+,45-,46+,47-,48-,49+,50+,51+,52+,53?,54?,55+,58+,59-,60+/m1/s1. The second-order valence-electron chi connectivity index (χ2n) is 28.1. The van der Waals surface area contributed by atoms with Gasteiger partial charge in [-0.3, -0.25) is 0 Å². The second kappa shape index (κ2) is 26.3. The first-order chi connectivity index (χ1) is 39.0. The molecule has 0 bridgehead atoms. The molecule has 0 aromatic rings. The van der Waals surface area contributed by atoms with Crippen LogP contribution in [0.15, 0.2) is 11.6 Å². The molecule has 9 rings (SSSR count). The fraction of sp³-hybridized carbons (Fsp3) is 0.967. The van der Waals surface area contributed by atoms with Gasteiger partial charge in [-0.05, 0) is 99.7 Å². The van der Waals surface area contributed by atoms with Crippen LogP contribution in [0.5, 0.6) is 0 Å². The highest BCUT2D eigenvalue weighted by Crippen LogP contribution is 2.75. The van der Waals surface area contributed by atoms with E-state index in [-0.39, 0.29) is 99.0 Å². The average molecular weight is 1190 g/mol. The zero-order valence-electron chi connectivity index (χ0n) is 49.9. The Bertz CT molecular complexity index is 2130. The number of aliphatic hydroxyl groups excluding tert-OH is 12. The number of aliphatic hydroxyl groups is 13. The summed E-state index contributed by atoms with van der Waals surface area (Å²) in [4.78, 5) is 0. The lowest BCUT2D eigenvalue weighted by Crippen LogP contribution is -2.64. The molecule has 480 valence electrons. The van der Waals surface area contributed by atoms with E-state index in [1.807, 2.05) is 0 Å². The van der Waals surface area contributed by atoms with Crippen molar-refractivity contribution in [2.75, 3.05) is 33.0 Å². The van der Waals surface area contributed by atoms with Crippen molar-refractivity contribution in [1.82, 2.24) is 0 Å². The molecule has 23 heteroatoms. The molecule has 5 aliphatic heterocycles. The van der Waals surface area contributed by atoms with Gasteiger partial charge in [-0.25, -0.2) is 0 Å². The highest BCUT2D eigenvalue weighted by Gasteiger charge is 2.70. The Morgan fingerprint density at radius 2 is 1.29 bits per heavy atom. The van der Waals surface area contributed by atoms with Crippen molar-refractivity contribution in [3.05, 3.63) is 11.6 Å². The average Bonchev–Trinajstić information content (AvgIpc) is 1.75. The summed E-state index contributed by atoms with van der Waals surface area (Å²) >= 11 is 0. The predicted octanol–water partition coefficient (Wildman–Crippen LogP) is 0.768. The zero-order valence-corrected chi connectivity index (χ0v) is 49.9. The molecular formula is C60H102O23. The molecule has 5 heterocycles. The zero-order chi connectivity index (χ0) is 60.3. The summed E-state index contributed by atoms with van der Waals surface area (Å²) in [5, 5.41) is 140. The molecule has 29 atom stereocenters. The van der Waals surface area contributed by atoms with Crippen molar-refractivity contribution >= 4 is 0 Å². The summed E-state index contributed by atoms with van der Waals surface area (Å²) in [5.74, 6) is 0.572. The maximum atomic E-state index is 12.8. The number of hydrogen-bond donors (Lipinski definition) is 13. The summed E-state index contributed by atoms with van der Waals surface area (Å²) in [7, 11) is 0. The van der Waals surface area contributed by atoms with Gasteiger partial charge in [0.25, 0.3) is 0 Å². The smallest absolute Gasteiger partial charge is 0.187 e. The van der Waals surface area contributed by atoms with Crippen LogP contribution in [0, 0.1) is 45.3 Å². The number of allylic oxidation sites excluding steroid dienone is 1. The van der Waals surface area contributed by atoms with E-state index >= 15 is 0 Å². The summed E-state index contributed by atoms with van der Waals surface area (Å²) in [6.07, 6.45) is -13.7. The molecule has 83 heavy (non-hydrogen) atoms. The Hall–Kier alpha value is -1.18. The van der Waals surface area contributed by atoms with Crippen LogP contribution in [0.1, 0.15) is 145 Å². The Balaban J connectivity index is 0.858. The summed E-state index contributed by atoms with van der Waals surface area (Å²) in [6, 6.07) is 0. The van der Waals surface area contributed by atoms with E-state index in [0.29, 0.717) is 25.7 Å². The fourth-order valence-electron chi connectivity index (χ4n) is 16.9. The Labute approximate surface area is 488 Å². The van der Waals surface area contributed by atoms with E-state index in [4.69, 9.17) is 47.4 Å². The van der Waals surface area contributed by atoms with Crippen LogP contribution < -0.4 is 0 Å². The highest BCUT2D eigenvalue weighted by molar-refractivity contribution is 5.32. The molecule has 4 unspecified atom stereocenters. The van der Waals surface area contributed by atoms with Crippen LogP contribution in [-0.2, 0) is 47.4 Å².